The molecule has 0 saturated heterocycles. The van der Waals surface area contributed by atoms with Crippen LogP contribution in [0.25, 0.3) is 0 Å². The molecule has 9 atom stereocenters. The lowest BCUT2D eigenvalue weighted by atomic mass is 9.60. The number of allylic oxidation sites excluding steroid dienone is 2. The zero-order chi connectivity index (χ0) is 22.6. The van der Waals surface area contributed by atoms with Crippen molar-refractivity contribution >= 4 is 0 Å². The quantitative estimate of drug-likeness (QED) is 0.468. The maximum atomic E-state index is 10.3. The number of aliphatic hydroxyl groups is 3. The molecule has 4 fully saturated rings. The van der Waals surface area contributed by atoms with Crippen LogP contribution in [0.4, 0.5) is 0 Å². The Bertz CT molecular complexity index is 718. The minimum Gasteiger partial charge on any atom is -0.396 e. The fraction of sp³-hybridized carbons (Fsp3) is 0.857. The number of fused-ring (bicyclic) bond motifs is 2. The third-order valence-electron chi connectivity index (χ3n) is 10.3. The van der Waals surface area contributed by atoms with Gasteiger partial charge in [0.2, 0.25) is 0 Å². The summed E-state index contributed by atoms with van der Waals surface area (Å²) >= 11 is 0. The molecule has 3 nitrogen and oxygen atoms in total. The molecule has 4 aliphatic rings. The summed E-state index contributed by atoms with van der Waals surface area (Å²) in [6.45, 7) is 11.0. The second kappa shape index (κ2) is 8.29. The predicted octanol–water partition coefficient (Wildman–Crippen LogP) is 5.50. The summed E-state index contributed by atoms with van der Waals surface area (Å²) < 4.78 is 0. The highest BCUT2D eigenvalue weighted by molar-refractivity contribution is 5.24. The Morgan fingerprint density at radius 3 is 2.52 bits per heavy atom. The van der Waals surface area contributed by atoms with Crippen LogP contribution in [0.5, 0.6) is 0 Å². The van der Waals surface area contributed by atoms with Crippen LogP contribution < -0.4 is 0 Å². The molecule has 3 heteroatoms. The summed E-state index contributed by atoms with van der Waals surface area (Å²) in [6, 6.07) is 0. The Morgan fingerprint density at radius 1 is 1.16 bits per heavy atom. The first-order chi connectivity index (χ1) is 14.5. The van der Waals surface area contributed by atoms with Crippen LogP contribution in [0.3, 0.4) is 0 Å². The Labute approximate surface area is 190 Å². The van der Waals surface area contributed by atoms with Gasteiger partial charge >= 0.3 is 0 Å². The van der Waals surface area contributed by atoms with Crippen molar-refractivity contribution in [2.24, 2.45) is 46.3 Å². The Morgan fingerprint density at radius 2 is 1.90 bits per heavy atom. The van der Waals surface area contributed by atoms with Crippen LogP contribution >= 0.6 is 0 Å². The van der Waals surface area contributed by atoms with Crippen molar-refractivity contribution in [2.75, 3.05) is 6.61 Å². The van der Waals surface area contributed by atoms with E-state index in [2.05, 4.69) is 39.0 Å². The summed E-state index contributed by atoms with van der Waals surface area (Å²) in [6.07, 6.45) is 16.2. The van der Waals surface area contributed by atoms with Crippen LogP contribution in [0.15, 0.2) is 23.8 Å². The largest absolute Gasteiger partial charge is 0.396 e. The Kier molecular flexibility index (Phi) is 6.29. The van der Waals surface area contributed by atoms with Crippen molar-refractivity contribution in [1.82, 2.24) is 0 Å². The SMILES string of the molecule is C[C@H](C=C[C@H](C)C(C)(C)O)[C@H]1CC[C@H]2C(=C[C@@H](CO)[C@@]34C[C@@H](O)C[C@@H]3C4)CCC[C@]12C. The average Bonchev–Trinajstić information content (AvgIpc) is 3.07. The Hall–Kier alpha value is -0.640. The highest BCUT2D eigenvalue weighted by Gasteiger charge is 2.63. The van der Waals surface area contributed by atoms with Crippen molar-refractivity contribution in [1.29, 1.82) is 0 Å². The van der Waals surface area contributed by atoms with E-state index in [-0.39, 0.29) is 30.0 Å². The molecule has 31 heavy (non-hydrogen) atoms. The number of rotatable bonds is 7. The van der Waals surface area contributed by atoms with E-state index >= 15 is 0 Å². The number of hydrogen-bond donors (Lipinski definition) is 3. The zero-order valence-corrected chi connectivity index (χ0v) is 20.5. The van der Waals surface area contributed by atoms with Crippen molar-refractivity contribution in [2.45, 2.75) is 97.7 Å². The highest BCUT2D eigenvalue weighted by Crippen LogP contribution is 2.68. The van der Waals surface area contributed by atoms with Gasteiger partial charge in [0.15, 0.2) is 0 Å². The van der Waals surface area contributed by atoms with Gasteiger partial charge in [0, 0.05) is 18.4 Å². The van der Waals surface area contributed by atoms with Gasteiger partial charge in [0.25, 0.3) is 0 Å². The second-order valence-corrected chi connectivity index (χ2v) is 12.5. The van der Waals surface area contributed by atoms with Gasteiger partial charge in [-0.15, -0.1) is 0 Å². The van der Waals surface area contributed by atoms with Gasteiger partial charge in [0.1, 0.15) is 0 Å². The molecule has 176 valence electrons. The molecule has 0 radical (unpaired) electrons. The molecule has 0 aliphatic heterocycles. The van der Waals surface area contributed by atoms with E-state index in [1.807, 2.05) is 13.8 Å². The first kappa shape index (κ1) is 23.5. The highest BCUT2D eigenvalue weighted by atomic mass is 16.3. The first-order valence-electron chi connectivity index (χ1n) is 12.9. The minimum absolute atomic E-state index is 0.152. The molecular formula is C28H46O3. The standard InChI is InChI=1S/C28H46O3/c1-18(8-9-19(2)26(3,4)31)24-10-11-25-20(7-6-12-27(24,25)5)13-22(17-29)28-15-21(28)14-23(30)16-28/h8-9,13,18-19,21-25,29-31H,6-7,10-12,14-17H2,1-5H3/t18-,19+,21-,22+,23+,24-,25+,27-,28+/m1/s1. The minimum atomic E-state index is -0.674. The van der Waals surface area contributed by atoms with E-state index in [0.29, 0.717) is 29.1 Å². The van der Waals surface area contributed by atoms with E-state index < -0.39 is 5.60 Å². The van der Waals surface area contributed by atoms with Crippen LogP contribution in [-0.4, -0.2) is 33.6 Å². The molecule has 0 heterocycles. The lowest BCUT2D eigenvalue weighted by molar-refractivity contribution is 0.0436. The molecule has 4 rings (SSSR count). The third kappa shape index (κ3) is 4.20. The molecule has 0 amide bonds. The second-order valence-electron chi connectivity index (χ2n) is 12.5. The number of aliphatic hydroxyl groups excluding tert-OH is 2. The van der Waals surface area contributed by atoms with Gasteiger partial charge in [0.05, 0.1) is 11.7 Å². The summed E-state index contributed by atoms with van der Waals surface area (Å²) in [5.41, 5.74) is 1.46. The molecule has 3 N–H and O–H groups in total. The van der Waals surface area contributed by atoms with Crippen LogP contribution in [-0.2, 0) is 0 Å². The third-order valence-corrected chi connectivity index (χ3v) is 10.3. The summed E-state index contributed by atoms with van der Waals surface area (Å²) in [4.78, 5) is 0. The lowest BCUT2D eigenvalue weighted by Gasteiger charge is -2.44. The van der Waals surface area contributed by atoms with E-state index in [4.69, 9.17) is 0 Å². The molecule has 0 spiro atoms. The van der Waals surface area contributed by atoms with E-state index in [0.717, 1.165) is 12.8 Å². The van der Waals surface area contributed by atoms with Crippen LogP contribution in [0, 0.1) is 46.3 Å². The monoisotopic (exact) mass is 430 g/mol. The lowest BCUT2D eigenvalue weighted by Crippen LogP contribution is -2.36. The van der Waals surface area contributed by atoms with E-state index in [9.17, 15) is 15.3 Å². The molecule has 0 unspecified atom stereocenters. The van der Waals surface area contributed by atoms with Gasteiger partial charge in [-0.3, -0.25) is 0 Å². The van der Waals surface area contributed by atoms with Crippen molar-refractivity contribution in [3.05, 3.63) is 23.8 Å². The van der Waals surface area contributed by atoms with Gasteiger partial charge in [-0.25, -0.2) is 0 Å². The maximum absolute atomic E-state index is 10.3. The Balaban J connectivity index is 1.50. The summed E-state index contributed by atoms with van der Waals surface area (Å²) in [5, 5.41) is 30.7. The number of hydrogen-bond acceptors (Lipinski definition) is 3. The molecule has 0 bridgehead atoms. The molecular weight excluding hydrogens is 384 g/mol. The first-order valence-corrected chi connectivity index (χ1v) is 12.9. The van der Waals surface area contributed by atoms with Crippen LogP contribution in [0.1, 0.15) is 86.0 Å². The summed E-state index contributed by atoms with van der Waals surface area (Å²) in [7, 11) is 0. The van der Waals surface area contributed by atoms with E-state index in [1.165, 1.54) is 38.5 Å². The van der Waals surface area contributed by atoms with Gasteiger partial charge in [-0.1, -0.05) is 44.6 Å². The average molecular weight is 431 g/mol. The van der Waals surface area contributed by atoms with Gasteiger partial charge in [-0.2, -0.15) is 0 Å². The zero-order valence-electron chi connectivity index (χ0n) is 20.5. The molecule has 4 aliphatic carbocycles. The van der Waals surface area contributed by atoms with Gasteiger partial charge in [-0.05, 0) is 99.7 Å². The molecule has 0 aromatic carbocycles. The van der Waals surface area contributed by atoms with Crippen LogP contribution in [0.2, 0.25) is 0 Å². The molecule has 4 saturated carbocycles. The molecule has 0 aromatic rings. The normalized spacial score (nSPS) is 44.3. The smallest absolute Gasteiger partial charge is 0.0651 e. The van der Waals surface area contributed by atoms with Crippen molar-refractivity contribution in [3.63, 3.8) is 0 Å². The topological polar surface area (TPSA) is 60.7 Å². The fourth-order valence-corrected chi connectivity index (χ4v) is 7.94. The van der Waals surface area contributed by atoms with Crippen molar-refractivity contribution < 1.29 is 15.3 Å². The summed E-state index contributed by atoms with van der Waals surface area (Å²) in [5.74, 6) is 2.85. The van der Waals surface area contributed by atoms with Crippen molar-refractivity contribution in [3.8, 4) is 0 Å². The van der Waals surface area contributed by atoms with Gasteiger partial charge < -0.3 is 15.3 Å². The molecule has 0 aromatic heterocycles. The van der Waals surface area contributed by atoms with E-state index in [1.54, 1.807) is 5.57 Å². The predicted molar refractivity (Wildman–Crippen MR) is 126 cm³/mol. The maximum Gasteiger partial charge on any atom is 0.0651 e. The fourth-order valence-electron chi connectivity index (χ4n) is 7.94.